The van der Waals surface area contributed by atoms with Crippen molar-refractivity contribution in [1.82, 2.24) is 15.1 Å². The Morgan fingerprint density at radius 1 is 1.37 bits per heavy atom. The van der Waals surface area contributed by atoms with Crippen LogP contribution >= 0.6 is 0 Å². The summed E-state index contributed by atoms with van der Waals surface area (Å²) in [6.07, 6.45) is 2.72. The molecule has 1 aromatic heterocycles. The minimum absolute atomic E-state index is 0.132. The van der Waals surface area contributed by atoms with E-state index in [0.717, 1.165) is 51.1 Å². The fourth-order valence-electron chi connectivity index (χ4n) is 2.76. The van der Waals surface area contributed by atoms with Gasteiger partial charge >= 0.3 is 0 Å². The Kier molecular flexibility index (Phi) is 4.82. The number of rotatable bonds is 5. The second kappa shape index (κ2) is 6.39. The van der Waals surface area contributed by atoms with E-state index in [1.165, 1.54) is 11.4 Å². The molecule has 2 rings (SSSR count). The molecule has 0 spiro atoms. The summed E-state index contributed by atoms with van der Waals surface area (Å²) >= 11 is 0. The zero-order chi connectivity index (χ0) is 13.8. The SMILES string of the molecule is CCCNCc1c(C)nn(C)c1N1CCC(O)CC1. The second-order valence-corrected chi connectivity index (χ2v) is 5.41. The van der Waals surface area contributed by atoms with Gasteiger partial charge in [-0.2, -0.15) is 5.10 Å². The van der Waals surface area contributed by atoms with Crippen LogP contribution in [0.1, 0.15) is 37.4 Å². The van der Waals surface area contributed by atoms with Crippen LogP contribution < -0.4 is 10.2 Å². The lowest BCUT2D eigenvalue weighted by Gasteiger charge is -2.32. The summed E-state index contributed by atoms with van der Waals surface area (Å²) in [5.41, 5.74) is 2.40. The van der Waals surface area contributed by atoms with Crippen LogP contribution in [0.2, 0.25) is 0 Å². The zero-order valence-corrected chi connectivity index (χ0v) is 12.3. The summed E-state index contributed by atoms with van der Waals surface area (Å²) in [6.45, 7) is 8.00. The topological polar surface area (TPSA) is 53.3 Å². The molecule has 1 saturated heterocycles. The van der Waals surface area contributed by atoms with Gasteiger partial charge in [0.15, 0.2) is 0 Å². The molecule has 19 heavy (non-hydrogen) atoms. The number of aliphatic hydroxyl groups excluding tert-OH is 1. The van der Waals surface area contributed by atoms with Gasteiger partial charge in [0.2, 0.25) is 0 Å². The number of hydrogen-bond acceptors (Lipinski definition) is 4. The molecule has 2 N–H and O–H groups in total. The predicted molar refractivity (Wildman–Crippen MR) is 77.4 cm³/mol. The summed E-state index contributed by atoms with van der Waals surface area (Å²) in [7, 11) is 2.01. The van der Waals surface area contributed by atoms with Crippen LogP contribution in [0.5, 0.6) is 0 Å². The van der Waals surface area contributed by atoms with E-state index in [1.807, 2.05) is 11.7 Å². The molecule has 0 amide bonds. The van der Waals surface area contributed by atoms with Crippen LogP contribution in [-0.2, 0) is 13.6 Å². The van der Waals surface area contributed by atoms with Gasteiger partial charge in [-0.3, -0.25) is 4.68 Å². The molecule has 1 aliphatic rings. The fraction of sp³-hybridized carbons (Fsp3) is 0.786. The van der Waals surface area contributed by atoms with Gasteiger partial charge in [-0.05, 0) is 32.7 Å². The first-order valence-corrected chi connectivity index (χ1v) is 7.29. The Morgan fingerprint density at radius 2 is 2.05 bits per heavy atom. The number of nitrogens with zero attached hydrogens (tertiary/aromatic N) is 3. The number of aryl methyl sites for hydroxylation is 2. The highest BCUT2D eigenvalue weighted by Crippen LogP contribution is 2.26. The van der Waals surface area contributed by atoms with Gasteiger partial charge in [-0.15, -0.1) is 0 Å². The Hall–Kier alpha value is -1.07. The number of anilines is 1. The molecule has 1 aromatic rings. The number of aromatic nitrogens is 2. The van der Waals surface area contributed by atoms with Crippen molar-refractivity contribution < 1.29 is 5.11 Å². The van der Waals surface area contributed by atoms with Crippen molar-refractivity contribution in [2.45, 2.75) is 45.8 Å². The summed E-state index contributed by atoms with van der Waals surface area (Å²) in [4.78, 5) is 2.36. The first kappa shape index (κ1) is 14.3. The molecule has 0 bridgehead atoms. The van der Waals surface area contributed by atoms with E-state index < -0.39 is 0 Å². The highest BCUT2D eigenvalue weighted by molar-refractivity contribution is 5.50. The van der Waals surface area contributed by atoms with Crippen LogP contribution in [0.25, 0.3) is 0 Å². The number of nitrogens with one attached hydrogen (secondary N) is 1. The lowest BCUT2D eigenvalue weighted by Crippen LogP contribution is -2.37. The molecule has 0 atom stereocenters. The third-order valence-electron chi connectivity index (χ3n) is 3.81. The Labute approximate surface area is 115 Å². The summed E-state index contributed by atoms with van der Waals surface area (Å²) in [5, 5.41) is 17.7. The van der Waals surface area contributed by atoms with Gasteiger partial charge in [0.1, 0.15) is 5.82 Å². The molecular weight excluding hydrogens is 240 g/mol. The van der Waals surface area contributed by atoms with Crippen molar-refractivity contribution in [3.05, 3.63) is 11.3 Å². The van der Waals surface area contributed by atoms with Crippen LogP contribution in [0.4, 0.5) is 5.82 Å². The standard InChI is InChI=1S/C14H26N4O/c1-4-7-15-10-13-11(2)16-17(3)14(13)18-8-5-12(19)6-9-18/h12,15,19H,4-10H2,1-3H3. The van der Waals surface area contributed by atoms with E-state index in [9.17, 15) is 5.11 Å². The van der Waals surface area contributed by atoms with Crippen LogP contribution in [0, 0.1) is 6.92 Å². The Morgan fingerprint density at radius 3 is 2.68 bits per heavy atom. The molecule has 0 radical (unpaired) electrons. The average Bonchev–Trinajstić information content (AvgIpc) is 2.66. The van der Waals surface area contributed by atoms with E-state index in [1.54, 1.807) is 0 Å². The maximum atomic E-state index is 9.63. The monoisotopic (exact) mass is 266 g/mol. The lowest BCUT2D eigenvalue weighted by atomic mass is 10.1. The van der Waals surface area contributed by atoms with E-state index >= 15 is 0 Å². The minimum atomic E-state index is -0.132. The van der Waals surface area contributed by atoms with E-state index in [4.69, 9.17) is 0 Å². The molecule has 1 aliphatic heterocycles. The molecule has 2 heterocycles. The van der Waals surface area contributed by atoms with E-state index in [-0.39, 0.29) is 6.10 Å². The van der Waals surface area contributed by atoms with Gasteiger partial charge in [0.25, 0.3) is 0 Å². The van der Waals surface area contributed by atoms with E-state index in [2.05, 4.69) is 29.2 Å². The fourth-order valence-corrected chi connectivity index (χ4v) is 2.76. The van der Waals surface area contributed by atoms with Crippen molar-refractivity contribution in [1.29, 1.82) is 0 Å². The van der Waals surface area contributed by atoms with Crippen molar-refractivity contribution in [3.63, 3.8) is 0 Å². The first-order valence-electron chi connectivity index (χ1n) is 7.29. The number of piperidine rings is 1. The molecule has 5 heteroatoms. The number of aliphatic hydroxyl groups is 1. The van der Waals surface area contributed by atoms with Crippen molar-refractivity contribution in [2.24, 2.45) is 7.05 Å². The maximum Gasteiger partial charge on any atom is 0.131 e. The van der Waals surface area contributed by atoms with Crippen LogP contribution in [0.15, 0.2) is 0 Å². The molecule has 0 aliphatic carbocycles. The maximum absolute atomic E-state index is 9.63. The third-order valence-corrected chi connectivity index (χ3v) is 3.81. The van der Waals surface area contributed by atoms with Gasteiger partial charge in [0.05, 0.1) is 11.8 Å². The first-order chi connectivity index (χ1) is 9.13. The molecule has 108 valence electrons. The normalized spacial score (nSPS) is 17.2. The average molecular weight is 266 g/mol. The van der Waals surface area contributed by atoms with Crippen molar-refractivity contribution >= 4 is 5.82 Å². The quantitative estimate of drug-likeness (QED) is 0.786. The summed E-state index contributed by atoms with van der Waals surface area (Å²) < 4.78 is 1.98. The minimum Gasteiger partial charge on any atom is -0.393 e. The predicted octanol–water partition coefficient (Wildman–Crippen LogP) is 1.19. The van der Waals surface area contributed by atoms with Crippen LogP contribution in [-0.4, -0.2) is 40.6 Å². The number of hydrogen-bond donors (Lipinski definition) is 2. The van der Waals surface area contributed by atoms with Gasteiger partial charge in [0, 0.05) is 32.2 Å². The lowest BCUT2D eigenvalue weighted by molar-refractivity contribution is 0.145. The highest BCUT2D eigenvalue weighted by atomic mass is 16.3. The molecule has 0 unspecified atom stereocenters. The third kappa shape index (κ3) is 3.28. The largest absolute Gasteiger partial charge is 0.393 e. The van der Waals surface area contributed by atoms with Crippen molar-refractivity contribution in [2.75, 3.05) is 24.5 Å². The smallest absolute Gasteiger partial charge is 0.131 e. The zero-order valence-electron chi connectivity index (χ0n) is 12.3. The summed E-state index contributed by atoms with van der Waals surface area (Å²) in [6, 6.07) is 0. The Balaban J connectivity index is 2.13. The van der Waals surface area contributed by atoms with Gasteiger partial charge in [-0.1, -0.05) is 6.92 Å². The van der Waals surface area contributed by atoms with E-state index in [0.29, 0.717) is 0 Å². The summed E-state index contributed by atoms with van der Waals surface area (Å²) in [5.74, 6) is 1.22. The Bertz CT molecular complexity index is 408. The second-order valence-electron chi connectivity index (χ2n) is 5.41. The molecular formula is C14H26N4O. The molecule has 5 nitrogen and oxygen atoms in total. The highest BCUT2D eigenvalue weighted by Gasteiger charge is 2.23. The van der Waals surface area contributed by atoms with Crippen molar-refractivity contribution in [3.8, 4) is 0 Å². The van der Waals surface area contributed by atoms with Gasteiger partial charge in [-0.25, -0.2) is 0 Å². The molecule has 0 aromatic carbocycles. The molecule has 0 saturated carbocycles. The molecule has 1 fully saturated rings. The van der Waals surface area contributed by atoms with Crippen LogP contribution in [0.3, 0.4) is 0 Å². The van der Waals surface area contributed by atoms with Gasteiger partial charge < -0.3 is 15.3 Å².